The molecule has 0 fully saturated rings. The van der Waals surface area contributed by atoms with E-state index in [1.807, 2.05) is 16.8 Å². The molecule has 0 saturated carbocycles. The lowest BCUT2D eigenvalue weighted by atomic mass is 10.2. The fraction of sp³-hybridized carbons (Fsp3) is 0.353. The van der Waals surface area contributed by atoms with Crippen molar-refractivity contribution in [1.29, 1.82) is 0 Å². The second-order valence-corrected chi connectivity index (χ2v) is 8.18. The number of hydrogen-bond donors (Lipinski definition) is 2. The van der Waals surface area contributed by atoms with E-state index in [-0.39, 0.29) is 23.5 Å². The molecule has 2 N–H and O–H groups in total. The van der Waals surface area contributed by atoms with Gasteiger partial charge in [0.2, 0.25) is 15.9 Å². The Balaban J connectivity index is 1.91. The van der Waals surface area contributed by atoms with Crippen LogP contribution in [0.15, 0.2) is 46.0 Å². The van der Waals surface area contributed by atoms with E-state index < -0.39 is 10.0 Å². The van der Waals surface area contributed by atoms with E-state index >= 15 is 0 Å². The Morgan fingerprint density at radius 2 is 1.96 bits per heavy atom. The van der Waals surface area contributed by atoms with Crippen molar-refractivity contribution in [3.63, 3.8) is 0 Å². The Bertz CT molecular complexity index is 771. The van der Waals surface area contributed by atoms with Crippen molar-refractivity contribution in [2.75, 3.05) is 19.0 Å². The number of sulfonamides is 1. The van der Waals surface area contributed by atoms with E-state index in [0.29, 0.717) is 18.5 Å². The number of amides is 1. The molecule has 0 spiro atoms. The van der Waals surface area contributed by atoms with Gasteiger partial charge in [-0.1, -0.05) is 0 Å². The van der Waals surface area contributed by atoms with Crippen molar-refractivity contribution in [2.45, 2.75) is 30.7 Å². The van der Waals surface area contributed by atoms with Gasteiger partial charge in [0.05, 0.1) is 11.5 Å². The van der Waals surface area contributed by atoms with Gasteiger partial charge in [-0.15, -0.1) is 0 Å². The first-order valence-corrected chi connectivity index (χ1v) is 10.3. The van der Waals surface area contributed by atoms with Crippen LogP contribution in [-0.4, -0.2) is 34.1 Å². The Hall–Kier alpha value is -1.74. The van der Waals surface area contributed by atoms with Crippen LogP contribution in [0, 0.1) is 0 Å². The van der Waals surface area contributed by atoms with Gasteiger partial charge in [-0.3, -0.25) is 4.79 Å². The molecular formula is C17H22N2O4S2. The Kier molecular flexibility index (Phi) is 7.12. The number of carbonyl (C=O) groups is 1. The molecule has 0 saturated heterocycles. The first-order chi connectivity index (χ1) is 11.9. The largest absolute Gasteiger partial charge is 0.383 e. The fourth-order valence-corrected chi connectivity index (χ4v) is 4.18. The predicted molar refractivity (Wildman–Crippen MR) is 99.4 cm³/mol. The summed E-state index contributed by atoms with van der Waals surface area (Å²) in [6, 6.07) is 7.77. The zero-order valence-electron chi connectivity index (χ0n) is 14.2. The van der Waals surface area contributed by atoms with Gasteiger partial charge >= 0.3 is 0 Å². The summed E-state index contributed by atoms with van der Waals surface area (Å²) in [5.41, 5.74) is 1.71. The zero-order chi connectivity index (χ0) is 18.3. The number of carbonyl (C=O) groups excluding carboxylic acids is 1. The van der Waals surface area contributed by atoms with Crippen LogP contribution in [0.5, 0.6) is 0 Å². The molecule has 0 aliphatic heterocycles. The summed E-state index contributed by atoms with van der Waals surface area (Å²) in [5.74, 6) is -0.103. The van der Waals surface area contributed by atoms with Crippen LogP contribution in [0.4, 0.5) is 5.69 Å². The maximum Gasteiger partial charge on any atom is 0.240 e. The maximum absolute atomic E-state index is 12.2. The van der Waals surface area contributed by atoms with Crippen molar-refractivity contribution in [3.05, 3.63) is 46.7 Å². The minimum atomic E-state index is -3.61. The Morgan fingerprint density at radius 1 is 1.24 bits per heavy atom. The van der Waals surface area contributed by atoms with E-state index in [0.717, 1.165) is 5.56 Å². The van der Waals surface area contributed by atoms with Gasteiger partial charge in [0.1, 0.15) is 0 Å². The van der Waals surface area contributed by atoms with E-state index in [1.54, 1.807) is 30.4 Å². The highest BCUT2D eigenvalue weighted by atomic mass is 32.2. The molecule has 2 aromatic rings. The first-order valence-electron chi connectivity index (χ1n) is 7.83. The number of methoxy groups -OCH3 is 1. The molecule has 25 heavy (non-hydrogen) atoms. The van der Waals surface area contributed by atoms with Gasteiger partial charge in [0.15, 0.2) is 0 Å². The van der Waals surface area contributed by atoms with Gasteiger partial charge in [-0.25, -0.2) is 13.1 Å². The van der Waals surface area contributed by atoms with Gasteiger partial charge in [0.25, 0.3) is 0 Å². The smallest absolute Gasteiger partial charge is 0.240 e. The SMILES string of the molecule is COC[C@H](C)NS(=O)(=O)c1ccc(NC(=O)CCc2ccsc2)cc1. The van der Waals surface area contributed by atoms with Crippen LogP contribution in [0.3, 0.4) is 0 Å². The Morgan fingerprint density at radius 3 is 2.56 bits per heavy atom. The molecule has 136 valence electrons. The standard InChI is InChI=1S/C17H22N2O4S2/c1-13(11-23-2)19-25(21,22)16-6-4-15(5-7-16)18-17(20)8-3-14-9-10-24-12-14/h4-7,9-10,12-13,19H,3,8,11H2,1-2H3,(H,18,20)/t13-/m0/s1. The highest BCUT2D eigenvalue weighted by molar-refractivity contribution is 7.89. The van der Waals surface area contributed by atoms with Crippen LogP contribution in [0.25, 0.3) is 0 Å². The predicted octanol–water partition coefficient (Wildman–Crippen LogP) is 2.63. The van der Waals surface area contributed by atoms with Gasteiger partial charge in [0, 0.05) is 25.3 Å². The minimum Gasteiger partial charge on any atom is -0.383 e. The third-order valence-electron chi connectivity index (χ3n) is 3.44. The summed E-state index contributed by atoms with van der Waals surface area (Å²) >= 11 is 1.60. The van der Waals surface area contributed by atoms with Crippen LogP contribution in [0.2, 0.25) is 0 Å². The number of thiophene rings is 1. The number of aryl methyl sites for hydroxylation is 1. The van der Waals surface area contributed by atoms with Crippen LogP contribution < -0.4 is 10.0 Å². The molecule has 1 aromatic carbocycles. The normalized spacial score (nSPS) is 12.7. The van der Waals surface area contributed by atoms with E-state index in [9.17, 15) is 13.2 Å². The molecular weight excluding hydrogens is 360 g/mol. The quantitative estimate of drug-likeness (QED) is 0.698. The van der Waals surface area contributed by atoms with Crippen LogP contribution >= 0.6 is 11.3 Å². The second kappa shape index (κ2) is 9.10. The lowest BCUT2D eigenvalue weighted by Gasteiger charge is -2.13. The zero-order valence-corrected chi connectivity index (χ0v) is 15.8. The molecule has 8 heteroatoms. The number of rotatable bonds is 9. The Labute approximate surface area is 152 Å². The average molecular weight is 383 g/mol. The molecule has 1 heterocycles. The molecule has 1 atom stereocenters. The molecule has 0 unspecified atom stereocenters. The van der Waals surface area contributed by atoms with E-state index in [4.69, 9.17) is 4.74 Å². The van der Waals surface area contributed by atoms with Gasteiger partial charge in [-0.2, -0.15) is 11.3 Å². The summed E-state index contributed by atoms with van der Waals surface area (Å²) in [4.78, 5) is 12.1. The lowest BCUT2D eigenvalue weighted by Crippen LogP contribution is -2.35. The molecule has 0 aliphatic carbocycles. The van der Waals surface area contributed by atoms with Crippen molar-refractivity contribution < 1.29 is 17.9 Å². The second-order valence-electron chi connectivity index (χ2n) is 5.68. The monoisotopic (exact) mass is 382 g/mol. The van der Waals surface area contributed by atoms with Crippen molar-refractivity contribution in [1.82, 2.24) is 4.72 Å². The molecule has 6 nitrogen and oxygen atoms in total. The number of ether oxygens (including phenoxy) is 1. The fourth-order valence-electron chi connectivity index (χ4n) is 2.25. The molecule has 0 aliphatic rings. The highest BCUT2D eigenvalue weighted by Crippen LogP contribution is 2.15. The van der Waals surface area contributed by atoms with Gasteiger partial charge in [-0.05, 0) is 60.0 Å². The number of nitrogens with one attached hydrogen (secondary N) is 2. The third kappa shape index (κ3) is 6.24. The van der Waals surface area contributed by atoms with Crippen molar-refractivity contribution in [2.24, 2.45) is 0 Å². The van der Waals surface area contributed by atoms with Crippen molar-refractivity contribution >= 4 is 33.0 Å². The maximum atomic E-state index is 12.2. The summed E-state index contributed by atoms with van der Waals surface area (Å²) in [7, 11) is -2.09. The third-order valence-corrected chi connectivity index (χ3v) is 5.78. The average Bonchev–Trinajstić information content (AvgIpc) is 3.06. The molecule has 0 radical (unpaired) electrons. The van der Waals surface area contributed by atoms with E-state index in [1.165, 1.54) is 19.2 Å². The summed E-state index contributed by atoms with van der Waals surface area (Å²) in [5, 5.41) is 6.77. The first kappa shape index (κ1) is 19.6. The molecule has 2 rings (SSSR count). The number of benzene rings is 1. The topological polar surface area (TPSA) is 84.5 Å². The van der Waals surface area contributed by atoms with Gasteiger partial charge < -0.3 is 10.1 Å². The van der Waals surface area contributed by atoms with Crippen LogP contribution in [-0.2, 0) is 26.0 Å². The molecule has 1 amide bonds. The van der Waals surface area contributed by atoms with Crippen molar-refractivity contribution in [3.8, 4) is 0 Å². The van der Waals surface area contributed by atoms with Crippen LogP contribution in [0.1, 0.15) is 18.9 Å². The molecule has 1 aromatic heterocycles. The minimum absolute atomic E-state index is 0.103. The molecule has 0 bridgehead atoms. The number of anilines is 1. The lowest BCUT2D eigenvalue weighted by molar-refractivity contribution is -0.116. The summed E-state index contributed by atoms with van der Waals surface area (Å²) in [6.07, 6.45) is 1.07. The van der Waals surface area contributed by atoms with E-state index in [2.05, 4.69) is 10.0 Å². The number of hydrogen-bond acceptors (Lipinski definition) is 5. The summed E-state index contributed by atoms with van der Waals surface area (Å²) < 4.78 is 31.9. The summed E-state index contributed by atoms with van der Waals surface area (Å²) in [6.45, 7) is 2.01. The highest BCUT2D eigenvalue weighted by Gasteiger charge is 2.17.